The van der Waals surface area contributed by atoms with Gasteiger partial charge >= 0.3 is 0 Å². The van der Waals surface area contributed by atoms with Crippen LogP contribution in [-0.4, -0.2) is 27.3 Å². The lowest BCUT2D eigenvalue weighted by molar-refractivity contribution is 0.603. The highest BCUT2D eigenvalue weighted by Gasteiger charge is 2.13. The van der Waals surface area contributed by atoms with E-state index in [2.05, 4.69) is 22.2 Å². The lowest BCUT2D eigenvalue weighted by Gasteiger charge is -2.07. The first-order valence-corrected chi connectivity index (χ1v) is 6.90. The van der Waals surface area contributed by atoms with Gasteiger partial charge in [-0.2, -0.15) is 9.78 Å². The Morgan fingerprint density at radius 2 is 2.18 bits per heavy atom. The molecule has 1 aromatic rings. The summed E-state index contributed by atoms with van der Waals surface area (Å²) in [5, 5.41) is 12.7. The van der Waals surface area contributed by atoms with Gasteiger partial charge in [0.25, 0.3) is 5.56 Å². The van der Waals surface area contributed by atoms with Crippen LogP contribution in [0.2, 0.25) is 0 Å². The number of nitrogens with zero attached hydrogens (tertiary/aromatic N) is 4. The van der Waals surface area contributed by atoms with E-state index < -0.39 is 0 Å². The molecular formula is C11H18N4OS. The van der Waals surface area contributed by atoms with Crippen molar-refractivity contribution in [2.45, 2.75) is 44.7 Å². The van der Waals surface area contributed by atoms with Crippen molar-refractivity contribution in [3.63, 3.8) is 0 Å². The van der Waals surface area contributed by atoms with Gasteiger partial charge in [0.05, 0.1) is 0 Å². The van der Waals surface area contributed by atoms with E-state index in [1.54, 1.807) is 6.21 Å². The van der Waals surface area contributed by atoms with E-state index in [0.29, 0.717) is 10.9 Å². The first kappa shape index (κ1) is 13.9. The van der Waals surface area contributed by atoms with Crippen molar-refractivity contribution >= 4 is 18.0 Å². The number of hydrogen-bond acceptors (Lipinski definition) is 5. The molecule has 1 rings (SSSR count). The van der Waals surface area contributed by atoms with Crippen molar-refractivity contribution in [3.8, 4) is 0 Å². The topological polar surface area (TPSA) is 60.1 Å². The minimum absolute atomic E-state index is 0.0542. The van der Waals surface area contributed by atoms with Crippen molar-refractivity contribution in [3.05, 3.63) is 16.0 Å². The molecular weight excluding hydrogens is 236 g/mol. The van der Waals surface area contributed by atoms with Gasteiger partial charge in [-0.1, -0.05) is 39.0 Å². The van der Waals surface area contributed by atoms with Crippen LogP contribution in [0.25, 0.3) is 0 Å². The number of unbranched alkanes of at least 4 members (excludes halogenated alkanes) is 1. The normalized spacial score (nSPS) is 11.6. The first-order chi connectivity index (χ1) is 8.11. The minimum Gasteiger partial charge on any atom is -0.265 e. The van der Waals surface area contributed by atoms with Gasteiger partial charge in [0.2, 0.25) is 5.16 Å². The third-order valence-corrected chi connectivity index (χ3v) is 2.80. The molecule has 0 atom stereocenters. The third kappa shape index (κ3) is 3.39. The van der Waals surface area contributed by atoms with Crippen LogP contribution in [0.4, 0.5) is 0 Å². The van der Waals surface area contributed by atoms with Crippen LogP contribution in [0, 0.1) is 0 Å². The molecule has 0 saturated carbocycles. The molecule has 6 heteroatoms. The first-order valence-electron chi connectivity index (χ1n) is 5.68. The zero-order valence-corrected chi connectivity index (χ0v) is 11.5. The molecule has 0 spiro atoms. The van der Waals surface area contributed by atoms with Gasteiger partial charge in [0.15, 0.2) is 0 Å². The molecule has 0 unspecified atom stereocenters. The maximum atomic E-state index is 12.1. The predicted molar refractivity (Wildman–Crippen MR) is 71.0 cm³/mol. The highest BCUT2D eigenvalue weighted by atomic mass is 32.2. The summed E-state index contributed by atoms with van der Waals surface area (Å²) in [4.78, 5) is 12.1. The van der Waals surface area contributed by atoms with Crippen molar-refractivity contribution < 1.29 is 0 Å². The molecule has 5 nitrogen and oxygen atoms in total. The van der Waals surface area contributed by atoms with Crippen molar-refractivity contribution in [1.82, 2.24) is 14.9 Å². The maximum absolute atomic E-state index is 12.1. The van der Waals surface area contributed by atoms with E-state index in [9.17, 15) is 4.79 Å². The fourth-order valence-corrected chi connectivity index (χ4v) is 1.66. The van der Waals surface area contributed by atoms with Crippen LogP contribution in [0.15, 0.2) is 15.1 Å². The fourth-order valence-electron chi connectivity index (χ4n) is 1.24. The highest BCUT2D eigenvalue weighted by Crippen LogP contribution is 2.11. The SMILES string of the molecule is CCC/C=N/n1c(SC)nnc(C(C)C)c1=O. The monoisotopic (exact) mass is 254 g/mol. The largest absolute Gasteiger partial charge is 0.297 e. The van der Waals surface area contributed by atoms with Crippen molar-refractivity contribution in [2.24, 2.45) is 5.10 Å². The minimum atomic E-state index is -0.174. The fraction of sp³-hybridized carbons (Fsp3) is 0.636. The Bertz CT molecular complexity index is 453. The van der Waals surface area contributed by atoms with Crippen LogP contribution in [-0.2, 0) is 0 Å². The Balaban J connectivity index is 3.23. The molecule has 0 radical (unpaired) electrons. The molecule has 0 aromatic carbocycles. The Morgan fingerprint density at radius 3 is 2.71 bits per heavy atom. The zero-order valence-electron chi connectivity index (χ0n) is 10.7. The third-order valence-electron chi connectivity index (χ3n) is 2.18. The summed E-state index contributed by atoms with van der Waals surface area (Å²) in [7, 11) is 0. The number of hydrogen-bond donors (Lipinski definition) is 0. The van der Waals surface area contributed by atoms with E-state index in [4.69, 9.17) is 0 Å². The highest BCUT2D eigenvalue weighted by molar-refractivity contribution is 7.98. The van der Waals surface area contributed by atoms with Crippen LogP contribution in [0.5, 0.6) is 0 Å². The second-order valence-electron chi connectivity index (χ2n) is 3.93. The zero-order chi connectivity index (χ0) is 12.8. The van der Waals surface area contributed by atoms with Gasteiger partial charge in [0, 0.05) is 12.1 Å². The lowest BCUT2D eigenvalue weighted by atomic mass is 10.1. The molecule has 0 bridgehead atoms. The van der Waals surface area contributed by atoms with Gasteiger partial charge in [-0.25, -0.2) is 0 Å². The smallest absolute Gasteiger partial charge is 0.265 e. The van der Waals surface area contributed by atoms with E-state index in [0.717, 1.165) is 12.8 Å². The number of rotatable bonds is 5. The standard InChI is InChI=1S/C11H18N4OS/c1-5-6-7-12-15-10(16)9(8(2)3)13-14-11(15)17-4/h7-8H,5-6H2,1-4H3/b12-7+. The van der Waals surface area contributed by atoms with Gasteiger partial charge in [0.1, 0.15) is 5.69 Å². The second-order valence-corrected chi connectivity index (χ2v) is 4.70. The molecule has 0 aliphatic heterocycles. The molecule has 0 aliphatic carbocycles. The molecule has 0 amide bonds. The number of thioether (sulfide) groups is 1. The van der Waals surface area contributed by atoms with Crippen molar-refractivity contribution in [1.29, 1.82) is 0 Å². The van der Waals surface area contributed by atoms with Gasteiger partial charge in [-0.05, 0) is 12.7 Å². The summed E-state index contributed by atoms with van der Waals surface area (Å²) in [6.45, 7) is 5.91. The Labute approximate surface area is 105 Å². The second kappa shape index (κ2) is 6.54. The maximum Gasteiger partial charge on any atom is 0.297 e. The van der Waals surface area contributed by atoms with Crippen molar-refractivity contribution in [2.75, 3.05) is 6.26 Å². The lowest BCUT2D eigenvalue weighted by Crippen LogP contribution is -2.26. The van der Waals surface area contributed by atoms with E-state index >= 15 is 0 Å². The quantitative estimate of drug-likeness (QED) is 0.596. The molecule has 0 aliphatic rings. The molecule has 1 heterocycles. The van der Waals surface area contributed by atoms with Crippen LogP contribution >= 0.6 is 11.8 Å². The molecule has 0 N–H and O–H groups in total. The van der Waals surface area contributed by atoms with E-state index in [1.165, 1.54) is 16.4 Å². The average Bonchev–Trinajstić information content (AvgIpc) is 2.30. The molecule has 94 valence electrons. The summed E-state index contributed by atoms with van der Waals surface area (Å²) in [6, 6.07) is 0. The van der Waals surface area contributed by atoms with E-state index in [1.807, 2.05) is 20.1 Å². The summed E-state index contributed by atoms with van der Waals surface area (Å²) in [5.41, 5.74) is 0.281. The van der Waals surface area contributed by atoms with Gasteiger partial charge in [-0.15, -0.1) is 10.2 Å². The van der Waals surface area contributed by atoms with Gasteiger partial charge in [-0.3, -0.25) is 4.79 Å². The van der Waals surface area contributed by atoms with Crippen LogP contribution in [0.1, 0.15) is 45.2 Å². The van der Waals surface area contributed by atoms with Crippen LogP contribution in [0.3, 0.4) is 0 Å². The predicted octanol–water partition coefficient (Wildman–Crippen LogP) is 2.12. The molecule has 0 saturated heterocycles. The summed E-state index contributed by atoms with van der Waals surface area (Å²) >= 11 is 1.36. The Kier molecular flexibility index (Phi) is 5.34. The summed E-state index contributed by atoms with van der Waals surface area (Å²) < 4.78 is 1.34. The number of aromatic nitrogens is 3. The molecule has 1 aromatic heterocycles. The summed E-state index contributed by atoms with van der Waals surface area (Å²) in [5.74, 6) is 0.0542. The Morgan fingerprint density at radius 1 is 1.47 bits per heavy atom. The van der Waals surface area contributed by atoms with Gasteiger partial charge < -0.3 is 0 Å². The van der Waals surface area contributed by atoms with E-state index in [-0.39, 0.29) is 11.5 Å². The molecule has 0 fully saturated rings. The summed E-state index contributed by atoms with van der Waals surface area (Å²) in [6.07, 6.45) is 5.44. The molecule has 17 heavy (non-hydrogen) atoms. The van der Waals surface area contributed by atoms with Crippen LogP contribution < -0.4 is 5.56 Å². The Hall–Kier alpha value is -1.17. The average molecular weight is 254 g/mol.